The molecule has 1 heterocycles. The van der Waals surface area contributed by atoms with Crippen molar-refractivity contribution >= 4 is 52.1 Å². The van der Waals surface area contributed by atoms with E-state index in [0.29, 0.717) is 23.9 Å². The molecular formula is C33H49BrClN3O2S. The van der Waals surface area contributed by atoms with Gasteiger partial charge in [-0.1, -0.05) is 107 Å². The normalized spacial score (nSPS) is 12.3. The van der Waals surface area contributed by atoms with Crippen LogP contribution in [0, 0.1) is 0 Å². The smallest absolute Gasteiger partial charge is 0.321 e. The summed E-state index contributed by atoms with van der Waals surface area (Å²) >= 11 is 8.25. The van der Waals surface area contributed by atoms with E-state index < -0.39 is 0 Å². The molecule has 0 unspecified atom stereocenters. The van der Waals surface area contributed by atoms with Crippen LogP contribution in [0.15, 0.2) is 54.1 Å². The molecule has 5 nitrogen and oxygen atoms in total. The Kier molecular flexibility index (Phi) is 18.1. The van der Waals surface area contributed by atoms with Crippen LogP contribution in [0.5, 0.6) is 5.75 Å². The molecule has 0 saturated heterocycles. The first-order valence-corrected chi connectivity index (χ1v) is 16.5. The molecule has 1 N–H and O–H groups in total. The van der Waals surface area contributed by atoms with Crippen LogP contribution in [0.2, 0.25) is 5.02 Å². The van der Waals surface area contributed by atoms with Crippen LogP contribution in [-0.4, -0.2) is 30.5 Å². The average Bonchev–Trinajstić information content (AvgIpc) is 3.49. The lowest BCUT2D eigenvalue weighted by Crippen LogP contribution is -2.37. The minimum absolute atomic E-state index is 0. The predicted molar refractivity (Wildman–Crippen MR) is 183 cm³/mol. The second-order valence-electron chi connectivity index (χ2n) is 10.6. The lowest BCUT2D eigenvalue weighted by Gasteiger charge is -2.23. The monoisotopic (exact) mass is 665 g/mol. The summed E-state index contributed by atoms with van der Waals surface area (Å²) in [4.78, 5) is 16.8. The molecular weight excluding hydrogens is 618 g/mol. The summed E-state index contributed by atoms with van der Waals surface area (Å²) in [5.74, 6) is 1.66. The highest BCUT2D eigenvalue weighted by molar-refractivity contribution is 8.93. The van der Waals surface area contributed by atoms with E-state index in [-0.39, 0.29) is 23.0 Å². The van der Waals surface area contributed by atoms with Crippen LogP contribution < -0.4 is 15.0 Å². The number of hydrogen-bond acceptors (Lipinski definition) is 4. The highest BCUT2D eigenvalue weighted by Crippen LogP contribution is 2.28. The van der Waals surface area contributed by atoms with Gasteiger partial charge in [0.1, 0.15) is 5.75 Å². The summed E-state index contributed by atoms with van der Waals surface area (Å²) in [5, 5.41) is 5.49. The van der Waals surface area contributed by atoms with Crippen molar-refractivity contribution in [1.29, 1.82) is 0 Å². The Balaban J connectivity index is 0.00000588. The van der Waals surface area contributed by atoms with E-state index >= 15 is 0 Å². The van der Waals surface area contributed by atoms with Gasteiger partial charge in [-0.05, 0) is 47.2 Å². The van der Waals surface area contributed by atoms with Gasteiger partial charge in [0.25, 0.3) is 0 Å². The van der Waals surface area contributed by atoms with Gasteiger partial charge in [0.05, 0.1) is 24.1 Å². The van der Waals surface area contributed by atoms with Gasteiger partial charge in [0, 0.05) is 25.5 Å². The van der Waals surface area contributed by atoms with Gasteiger partial charge in [-0.15, -0.1) is 28.7 Å². The number of urea groups is 1. The lowest BCUT2D eigenvalue weighted by molar-refractivity contribution is 0.248. The average molecular weight is 667 g/mol. The van der Waals surface area contributed by atoms with Crippen molar-refractivity contribution in [2.24, 2.45) is 0 Å². The van der Waals surface area contributed by atoms with Crippen molar-refractivity contribution in [1.82, 2.24) is 10.2 Å². The molecule has 2 amide bonds. The molecule has 0 aliphatic carbocycles. The van der Waals surface area contributed by atoms with Crippen LogP contribution >= 0.6 is 40.3 Å². The molecule has 0 radical (unpaired) electrons. The van der Waals surface area contributed by atoms with Crippen molar-refractivity contribution in [3.05, 3.63) is 70.2 Å². The van der Waals surface area contributed by atoms with E-state index in [1.807, 2.05) is 30.3 Å². The Bertz CT molecular complexity index is 1040. The van der Waals surface area contributed by atoms with Gasteiger partial charge in [0.15, 0.2) is 0 Å². The zero-order chi connectivity index (χ0) is 28.4. The standard InChI is InChI=1S/C33H48ClN3O2S.BrH/c1-3-4-5-6-7-8-9-10-11-12-13-14-22-39-32-24-29(17-20-31(32)34)26-37(33(38)35-2)30-18-15-28(16-19-30)25-36-21-23-40-27-36;/h15-21,23-24H,3-14,22,25-27H2,1-2H3,(H,35,38);1H. The molecule has 0 atom stereocenters. The van der Waals surface area contributed by atoms with Crippen LogP contribution in [0.25, 0.3) is 0 Å². The fourth-order valence-electron chi connectivity index (χ4n) is 4.90. The van der Waals surface area contributed by atoms with E-state index in [1.165, 1.54) is 76.2 Å². The first kappa shape index (κ1) is 35.4. The number of amides is 2. The molecule has 0 spiro atoms. The Morgan fingerprint density at radius 1 is 0.927 bits per heavy atom. The van der Waals surface area contributed by atoms with E-state index in [4.69, 9.17) is 16.3 Å². The third-order valence-corrected chi connectivity index (χ3v) is 8.40. The number of halogens is 2. The van der Waals surface area contributed by atoms with Gasteiger partial charge in [0.2, 0.25) is 0 Å². The topological polar surface area (TPSA) is 44.8 Å². The highest BCUT2D eigenvalue weighted by atomic mass is 79.9. The molecule has 1 aliphatic rings. The largest absolute Gasteiger partial charge is 0.492 e. The Morgan fingerprint density at radius 2 is 1.54 bits per heavy atom. The number of nitrogens with one attached hydrogen (secondary N) is 1. The molecule has 0 fully saturated rings. The number of carbonyl (C=O) groups is 1. The van der Waals surface area contributed by atoms with Crippen LogP contribution in [0.3, 0.4) is 0 Å². The van der Waals surface area contributed by atoms with Crippen molar-refractivity contribution in [2.45, 2.75) is 97.1 Å². The van der Waals surface area contributed by atoms with E-state index in [2.05, 4.69) is 40.9 Å². The van der Waals surface area contributed by atoms with Gasteiger partial charge < -0.3 is 15.0 Å². The number of rotatable bonds is 19. The van der Waals surface area contributed by atoms with Crippen molar-refractivity contribution in [3.63, 3.8) is 0 Å². The minimum Gasteiger partial charge on any atom is -0.492 e. The Labute approximate surface area is 268 Å². The SMILES string of the molecule is Br.CCCCCCCCCCCCCCOc1cc(CN(C(=O)NC)c2ccc(CN3C=CSC3)cc2)ccc1Cl. The van der Waals surface area contributed by atoms with Gasteiger partial charge in [-0.2, -0.15) is 0 Å². The molecule has 2 aromatic carbocycles. The number of unbranched alkanes of at least 4 members (excludes halogenated alkanes) is 11. The van der Waals surface area contributed by atoms with Crippen LogP contribution in [-0.2, 0) is 13.1 Å². The zero-order valence-electron chi connectivity index (χ0n) is 24.9. The molecule has 0 aromatic heterocycles. The second-order valence-corrected chi connectivity index (χ2v) is 11.9. The number of thioether (sulfide) groups is 1. The van der Waals surface area contributed by atoms with E-state index in [9.17, 15) is 4.79 Å². The number of hydrogen-bond donors (Lipinski definition) is 1. The quantitative estimate of drug-likeness (QED) is 0.152. The van der Waals surface area contributed by atoms with E-state index in [0.717, 1.165) is 30.1 Å². The van der Waals surface area contributed by atoms with Gasteiger partial charge in [-0.3, -0.25) is 4.90 Å². The van der Waals surface area contributed by atoms with E-state index in [1.54, 1.807) is 23.7 Å². The fourth-order valence-corrected chi connectivity index (χ4v) is 5.79. The van der Waals surface area contributed by atoms with Crippen molar-refractivity contribution in [2.75, 3.05) is 24.4 Å². The molecule has 41 heavy (non-hydrogen) atoms. The summed E-state index contributed by atoms with van der Waals surface area (Å²) in [6, 6.07) is 13.8. The maximum Gasteiger partial charge on any atom is 0.321 e. The number of ether oxygens (including phenoxy) is 1. The summed E-state index contributed by atoms with van der Waals surface area (Å²) in [7, 11) is 1.66. The Morgan fingerprint density at radius 3 is 2.12 bits per heavy atom. The number of benzene rings is 2. The minimum atomic E-state index is -0.152. The maximum atomic E-state index is 12.8. The second kappa shape index (κ2) is 21.0. The Hall–Kier alpha value is -1.83. The summed E-state index contributed by atoms with van der Waals surface area (Å²) in [6.45, 7) is 4.22. The van der Waals surface area contributed by atoms with Crippen LogP contribution in [0.4, 0.5) is 10.5 Å². The molecule has 0 saturated carbocycles. The third kappa shape index (κ3) is 13.3. The van der Waals surface area contributed by atoms with Crippen molar-refractivity contribution < 1.29 is 9.53 Å². The molecule has 1 aliphatic heterocycles. The third-order valence-electron chi connectivity index (χ3n) is 7.29. The first-order valence-electron chi connectivity index (χ1n) is 15.1. The molecule has 2 aromatic rings. The maximum absolute atomic E-state index is 12.8. The number of anilines is 1. The molecule has 8 heteroatoms. The molecule has 3 rings (SSSR count). The summed E-state index contributed by atoms with van der Waals surface area (Å²) in [6.07, 6.45) is 17.9. The van der Waals surface area contributed by atoms with Gasteiger partial charge >= 0.3 is 6.03 Å². The highest BCUT2D eigenvalue weighted by Gasteiger charge is 2.16. The van der Waals surface area contributed by atoms with Gasteiger partial charge in [-0.25, -0.2) is 4.79 Å². The lowest BCUT2D eigenvalue weighted by atomic mass is 10.1. The summed E-state index contributed by atoms with van der Waals surface area (Å²) < 4.78 is 6.06. The molecule has 0 bridgehead atoms. The number of carbonyl (C=O) groups excluding carboxylic acids is 1. The zero-order valence-corrected chi connectivity index (χ0v) is 28.2. The first-order chi connectivity index (χ1) is 19.6. The predicted octanol–water partition coefficient (Wildman–Crippen LogP) is 10.3. The van der Waals surface area contributed by atoms with Crippen molar-refractivity contribution in [3.8, 4) is 5.75 Å². The fraction of sp³-hybridized carbons (Fsp3) is 0.545. The van der Waals surface area contributed by atoms with Crippen LogP contribution in [0.1, 0.15) is 95.1 Å². The molecule has 228 valence electrons. The summed E-state index contributed by atoms with van der Waals surface area (Å²) in [5.41, 5.74) is 3.04. The number of nitrogens with zero attached hydrogens (tertiary/aromatic N) is 2.